The van der Waals surface area contributed by atoms with E-state index in [1.807, 2.05) is 0 Å². The Morgan fingerprint density at radius 1 is 1.42 bits per heavy atom. The lowest BCUT2D eigenvalue weighted by Crippen LogP contribution is -2.47. The molecule has 2 aliphatic rings. The van der Waals surface area contributed by atoms with Crippen LogP contribution in [0.5, 0.6) is 0 Å². The molecule has 1 spiro atoms. The summed E-state index contributed by atoms with van der Waals surface area (Å²) in [6, 6.07) is 0.562. The zero-order valence-corrected chi connectivity index (χ0v) is 12.6. The molecule has 0 aromatic carbocycles. The van der Waals surface area contributed by atoms with Crippen molar-refractivity contribution in [3.05, 3.63) is 0 Å². The summed E-state index contributed by atoms with van der Waals surface area (Å²) in [4.78, 5) is 0. The Hall–Kier alpha value is -0.160. The minimum atomic E-state index is 0.0164. The van der Waals surface area contributed by atoms with Gasteiger partial charge in [0.1, 0.15) is 0 Å². The first-order chi connectivity index (χ1) is 9.19. The zero-order chi connectivity index (χ0) is 13.7. The van der Waals surface area contributed by atoms with Crippen LogP contribution in [0, 0.1) is 11.8 Å². The number of nitrogens with one attached hydrogen (secondary N) is 1. The third kappa shape index (κ3) is 3.91. The van der Waals surface area contributed by atoms with Crippen LogP contribution in [-0.4, -0.2) is 52.2 Å². The van der Waals surface area contributed by atoms with Crippen molar-refractivity contribution in [3.8, 4) is 0 Å². The standard InChI is InChI=1S/C15H29NO3/c1-12(10-17-3)8-14(16-2)13-4-6-19-15(9-13)5-7-18-11-15/h12-14,16H,4-11H2,1-3H3. The number of hydrogen-bond acceptors (Lipinski definition) is 4. The summed E-state index contributed by atoms with van der Waals surface area (Å²) in [6.07, 6.45) is 4.53. The van der Waals surface area contributed by atoms with E-state index < -0.39 is 0 Å². The van der Waals surface area contributed by atoms with E-state index in [2.05, 4.69) is 19.3 Å². The molecule has 4 heteroatoms. The molecule has 2 aliphatic heterocycles. The Balaban J connectivity index is 1.90. The molecule has 0 bridgehead atoms. The normalized spacial score (nSPS) is 34.6. The second-order valence-electron chi connectivity index (χ2n) is 6.28. The molecule has 112 valence electrons. The molecule has 2 saturated heterocycles. The minimum Gasteiger partial charge on any atom is -0.384 e. The lowest BCUT2D eigenvalue weighted by Gasteiger charge is -2.41. The summed E-state index contributed by atoms with van der Waals surface area (Å²) in [5.74, 6) is 1.29. The van der Waals surface area contributed by atoms with Gasteiger partial charge in [-0.1, -0.05) is 6.92 Å². The fourth-order valence-corrected chi connectivity index (χ4v) is 3.60. The molecule has 0 aromatic rings. The van der Waals surface area contributed by atoms with Crippen LogP contribution in [-0.2, 0) is 14.2 Å². The van der Waals surface area contributed by atoms with Gasteiger partial charge in [0.05, 0.1) is 12.2 Å². The van der Waals surface area contributed by atoms with Crippen LogP contribution < -0.4 is 5.32 Å². The van der Waals surface area contributed by atoms with Gasteiger partial charge in [-0.25, -0.2) is 0 Å². The molecule has 0 radical (unpaired) electrons. The molecule has 0 aromatic heterocycles. The molecule has 2 fully saturated rings. The predicted molar refractivity (Wildman–Crippen MR) is 75.3 cm³/mol. The van der Waals surface area contributed by atoms with Gasteiger partial charge in [-0.15, -0.1) is 0 Å². The van der Waals surface area contributed by atoms with Crippen molar-refractivity contribution in [1.29, 1.82) is 0 Å². The highest BCUT2D eigenvalue weighted by atomic mass is 16.6. The van der Waals surface area contributed by atoms with Crippen LogP contribution >= 0.6 is 0 Å². The largest absolute Gasteiger partial charge is 0.384 e. The van der Waals surface area contributed by atoms with Gasteiger partial charge < -0.3 is 19.5 Å². The molecule has 4 unspecified atom stereocenters. The molecule has 2 rings (SSSR count). The topological polar surface area (TPSA) is 39.7 Å². The van der Waals surface area contributed by atoms with Gasteiger partial charge in [-0.3, -0.25) is 0 Å². The average molecular weight is 271 g/mol. The number of rotatable bonds is 6. The van der Waals surface area contributed by atoms with Crippen molar-refractivity contribution in [2.45, 2.75) is 44.2 Å². The molecule has 1 N–H and O–H groups in total. The van der Waals surface area contributed by atoms with Gasteiger partial charge in [0.15, 0.2) is 0 Å². The van der Waals surface area contributed by atoms with Crippen molar-refractivity contribution in [2.75, 3.05) is 40.6 Å². The van der Waals surface area contributed by atoms with E-state index in [1.54, 1.807) is 7.11 Å². The van der Waals surface area contributed by atoms with Crippen LogP contribution in [0.1, 0.15) is 32.6 Å². The summed E-state index contributed by atoms with van der Waals surface area (Å²) in [5.41, 5.74) is 0.0164. The minimum absolute atomic E-state index is 0.0164. The fraction of sp³-hybridized carbons (Fsp3) is 1.00. The van der Waals surface area contributed by atoms with E-state index in [0.717, 1.165) is 45.7 Å². The van der Waals surface area contributed by atoms with E-state index in [1.165, 1.54) is 6.42 Å². The van der Waals surface area contributed by atoms with Crippen LogP contribution in [0.25, 0.3) is 0 Å². The maximum absolute atomic E-state index is 6.03. The second-order valence-corrected chi connectivity index (χ2v) is 6.28. The molecular formula is C15H29NO3. The summed E-state index contributed by atoms with van der Waals surface area (Å²) in [5, 5.41) is 3.52. The first-order valence-electron chi connectivity index (χ1n) is 7.57. The van der Waals surface area contributed by atoms with Crippen molar-refractivity contribution in [1.82, 2.24) is 5.32 Å². The number of methoxy groups -OCH3 is 1. The lowest BCUT2D eigenvalue weighted by molar-refractivity contribution is -0.104. The predicted octanol–water partition coefficient (Wildman–Crippen LogP) is 1.83. The van der Waals surface area contributed by atoms with Gasteiger partial charge in [0, 0.05) is 39.4 Å². The highest BCUT2D eigenvalue weighted by molar-refractivity contribution is 4.93. The van der Waals surface area contributed by atoms with E-state index in [4.69, 9.17) is 14.2 Å². The third-order valence-electron chi connectivity index (χ3n) is 4.65. The highest BCUT2D eigenvalue weighted by Gasteiger charge is 2.42. The molecule has 0 aliphatic carbocycles. The van der Waals surface area contributed by atoms with Gasteiger partial charge in [-0.2, -0.15) is 0 Å². The smallest absolute Gasteiger partial charge is 0.0939 e. The molecule has 0 saturated carbocycles. The Morgan fingerprint density at radius 2 is 2.26 bits per heavy atom. The Morgan fingerprint density at radius 3 is 2.89 bits per heavy atom. The SMILES string of the molecule is CNC(CC(C)COC)C1CCOC2(CCOC2)C1. The molecular weight excluding hydrogens is 242 g/mol. The van der Waals surface area contributed by atoms with Crippen molar-refractivity contribution < 1.29 is 14.2 Å². The molecule has 4 nitrogen and oxygen atoms in total. The summed E-state index contributed by atoms with van der Waals surface area (Å²) in [6.45, 7) is 5.63. The summed E-state index contributed by atoms with van der Waals surface area (Å²) < 4.78 is 16.8. The number of hydrogen-bond donors (Lipinski definition) is 1. The van der Waals surface area contributed by atoms with Crippen molar-refractivity contribution in [2.24, 2.45) is 11.8 Å². The van der Waals surface area contributed by atoms with Crippen molar-refractivity contribution in [3.63, 3.8) is 0 Å². The van der Waals surface area contributed by atoms with Gasteiger partial charge in [-0.05, 0) is 38.1 Å². The molecule has 19 heavy (non-hydrogen) atoms. The fourth-order valence-electron chi connectivity index (χ4n) is 3.60. The average Bonchev–Trinajstić information content (AvgIpc) is 2.84. The second kappa shape index (κ2) is 7.02. The highest BCUT2D eigenvalue weighted by Crippen LogP contribution is 2.38. The van der Waals surface area contributed by atoms with E-state index in [0.29, 0.717) is 17.9 Å². The van der Waals surface area contributed by atoms with Gasteiger partial charge in [0.25, 0.3) is 0 Å². The van der Waals surface area contributed by atoms with Gasteiger partial charge in [0.2, 0.25) is 0 Å². The van der Waals surface area contributed by atoms with Crippen LogP contribution in [0.4, 0.5) is 0 Å². The Bertz CT molecular complexity index is 266. The number of ether oxygens (including phenoxy) is 3. The van der Waals surface area contributed by atoms with E-state index in [9.17, 15) is 0 Å². The molecule has 4 atom stereocenters. The van der Waals surface area contributed by atoms with E-state index >= 15 is 0 Å². The first-order valence-corrected chi connectivity index (χ1v) is 7.57. The van der Waals surface area contributed by atoms with E-state index in [-0.39, 0.29) is 5.60 Å². The van der Waals surface area contributed by atoms with Crippen LogP contribution in [0.15, 0.2) is 0 Å². The Labute approximate surface area is 117 Å². The molecule has 0 amide bonds. The monoisotopic (exact) mass is 271 g/mol. The maximum atomic E-state index is 6.03. The van der Waals surface area contributed by atoms with Crippen molar-refractivity contribution >= 4 is 0 Å². The third-order valence-corrected chi connectivity index (χ3v) is 4.65. The van der Waals surface area contributed by atoms with Crippen LogP contribution in [0.3, 0.4) is 0 Å². The summed E-state index contributed by atoms with van der Waals surface area (Å²) in [7, 11) is 3.86. The maximum Gasteiger partial charge on any atom is 0.0939 e. The lowest BCUT2D eigenvalue weighted by atomic mass is 9.79. The van der Waals surface area contributed by atoms with Crippen LogP contribution in [0.2, 0.25) is 0 Å². The van der Waals surface area contributed by atoms with Gasteiger partial charge >= 0.3 is 0 Å². The quantitative estimate of drug-likeness (QED) is 0.800. The summed E-state index contributed by atoms with van der Waals surface area (Å²) >= 11 is 0. The molecule has 2 heterocycles. The Kier molecular flexibility index (Phi) is 5.63. The zero-order valence-electron chi connectivity index (χ0n) is 12.6. The first kappa shape index (κ1) is 15.2.